The van der Waals surface area contributed by atoms with Crippen LogP contribution in [0.2, 0.25) is 0 Å². The molecule has 78 valence electrons. The van der Waals surface area contributed by atoms with Crippen LogP contribution < -0.4 is 0 Å². The lowest BCUT2D eigenvalue weighted by atomic mass is 10.5. The molecule has 1 fully saturated rings. The SMILES string of the molecule is CCCOCC1S[S+]1CCSCC. The summed E-state index contributed by atoms with van der Waals surface area (Å²) in [7, 11) is 2.79. The van der Waals surface area contributed by atoms with Crippen LogP contribution in [0.15, 0.2) is 0 Å². The van der Waals surface area contributed by atoms with Gasteiger partial charge in [0.25, 0.3) is 0 Å². The summed E-state index contributed by atoms with van der Waals surface area (Å²) >= 11 is 2.06. The minimum Gasteiger partial charge on any atom is -0.375 e. The number of ether oxygens (including phenoxy) is 1. The van der Waals surface area contributed by atoms with Crippen LogP contribution in [0, 0.1) is 0 Å². The lowest BCUT2D eigenvalue weighted by Gasteiger charge is -1.94. The molecule has 4 heteroatoms. The Morgan fingerprint density at radius 3 is 3.00 bits per heavy atom. The second kappa shape index (κ2) is 7.32. The highest BCUT2D eigenvalue weighted by Gasteiger charge is 2.53. The predicted octanol–water partition coefficient (Wildman–Crippen LogP) is 2.77. The van der Waals surface area contributed by atoms with Gasteiger partial charge < -0.3 is 4.74 Å². The minimum absolute atomic E-state index is 0.663. The van der Waals surface area contributed by atoms with Crippen molar-refractivity contribution in [3.8, 4) is 0 Å². The highest BCUT2D eigenvalue weighted by Crippen LogP contribution is 2.47. The molecule has 1 aliphatic heterocycles. The number of rotatable bonds is 8. The van der Waals surface area contributed by atoms with Gasteiger partial charge in [-0.05, 0) is 12.2 Å². The van der Waals surface area contributed by atoms with E-state index in [1.807, 2.05) is 0 Å². The zero-order valence-corrected chi connectivity index (χ0v) is 10.9. The third-order valence-electron chi connectivity index (χ3n) is 1.72. The molecule has 1 heterocycles. The summed E-state index contributed by atoms with van der Waals surface area (Å²) in [5.41, 5.74) is 0. The Morgan fingerprint density at radius 1 is 1.46 bits per heavy atom. The van der Waals surface area contributed by atoms with Gasteiger partial charge in [-0.2, -0.15) is 11.8 Å². The van der Waals surface area contributed by atoms with E-state index in [-0.39, 0.29) is 0 Å². The summed E-state index contributed by atoms with van der Waals surface area (Å²) in [6, 6.07) is 0. The summed E-state index contributed by atoms with van der Waals surface area (Å²) in [4.78, 5) is 0. The van der Waals surface area contributed by atoms with E-state index in [0.717, 1.165) is 24.2 Å². The first-order valence-corrected chi connectivity index (χ1v) is 8.91. The third kappa shape index (κ3) is 5.45. The molecular formula is C9H19OS3+. The predicted molar refractivity (Wildman–Crippen MR) is 67.7 cm³/mol. The topological polar surface area (TPSA) is 9.23 Å². The highest BCUT2D eigenvalue weighted by molar-refractivity contribution is 8.90. The minimum atomic E-state index is 0.663. The van der Waals surface area contributed by atoms with E-state index in [9.17, 15) is 0 Å². The third-order valence-corrected chi connectivity index (χ3v) is 7.44. The fourth-order valence-electron chi connectivity index (χ4n) is 1.01. The average Bonchev–Trinajstić information content (AvgIpc) is 2.85. The van der Waals surface area contributed by atoms with Gasteiger partial charge in [0, 0.05) is 12.4 Å². The highest BCUT2D eigenvalue weighted by atomic mass is 33.2. The lowest BCUT2D eigenvalue weighted by Crippen LogP contribution is -2.06. The van der Waals surface area contributed by atoms with Gasteiger partial charge in [-0.3, -0.25) is 0 Å². The van der Waals surface area contributed by atoms with Crippen LogP contribution >= 0.6 is 22.6 Å². The van der Waals surface area contributed by atoms with Crippen LogP contribution in [0.3, 0.4) is 0 Å². The quantitative estimate of drug-likeness (QED) is 0.279. The van der Waals surface area contributed by atoms with Gasteiger partial charge in [0.15, 0.2) is 10.8 Å². The molecule has 0 aromatic carbocycles. The van der Waals surface area contributed by atoms with Gasteiger partial charge in [-0.1, -0.05) is 13.8 Å². The van der Waals surface area contributed by atoms with E-state index in [4.69, 9.17) is 4.74 Å². The first-order valence-electron chi connectivity index (χ1n) is 4.90. The Morgan fingerprint density at radius 2 is 2.31 bits per heavy atom. The summed E-state index contributed by atoms with van der Waals surface area (Å²) in [5, 5.41) is 0. The van der Waals surface area contributed by atoms with Gasteiger partial charge in [0.2, 0.25) is 4.58 Å². The molecule has 0 bridgehead atoms. The summed E-state index contributed by atoms with van der Waals surface area (Å²) < 4.78 is 6.37. The van der Waals surface area contributed by atoms with Crippen molar-refractivity contribution >= 4 is 32.5 Å². The largest absolute Gasteiger partial charge is 0.375 e. The zero-order chi connectivity index (χ0) is 9.52. The molecule has 0 radical (unpaired) electrons. The van der Waals surface area contributed by atoms with Gasteiger partial charge >= 0.3 is 0 Å². The van der Waals surface area contributed by atoms with Crippen LogP contribution in [-0.4, -0.2) is 35.1 Å². The van der Waals surface area contributed by atoms with Crippen molar-refractivity contribution in [2.24, 2.45) is 0 Å². The van der Waals surface area contributed by atoms with Gasteiger partial charge in [0.05, 0.1) is 9.93 Å². The van der Waals surface area contributed by atoms with E-state index in [1.165, 1.54) is 17.3 Å². The molecule has 1 rings (SSSR count). The number of thioether (sulfide) groups is 1. The van der Waals surface area contributed by atoms with Crippen molar-refractivity contribution in [3.63, 3.8) is 0 Å². The average molecular weight is 239 g/mol. The molecule has 0 amide bonds. The Balaban J connectivity index is 1.85. The number of hydrogen-bond donors (Lipinski definition) is 0. The molecule has 1 saturated heterocycles. The second-order valence-electron chi connectivity index (χ2n) is 2.88. The van der Waals surface area contributed by atoms with Crippen LogP contribution in [0.1, 0.15) is 20.3 Å². The molecule has 13 heavy (non-hydrogen) atoms. The first kappa shape index (κ1) is 12.1. The maximum absolute atomic E-state index is 5.52. The van der Waals surface area contributed by atoms with Gasteiger partial charge in [-0.15, -0.1) is 0 Å². The lowest BCUT2D eigenvalue weighted by molar-refractivity contribution is 0.148. The second-order valence-corrected chi connectivity index (χ2v) is 8.94. The summed E-state index contributed by atoms with van der Waals surface area (Å²) in [6.45, 7) is 6.34. The van der Waals surface area contributed by atoms with E-state index < -0.39 is 0 Å². The van der Waals surface area contributed by atoms with Crippen LogP contribution in [0.25, 0.3) is 0 Å². The number of hydrogen-bond acceptors (Lipinski definition) is 3. The van der Waals surface area contributed by atoms with Crippen molar-refractivity contribution in [2.75, 3.05) is 30.5 Å². The van der Waals surface area contributed by atoms with Crippen LogP contribution in [0.5, 0.6) is 0 Å². The van der Waals surface area contributed by atoms with Gasteiger partial charge in [-0.25, -0.2) is 0 Å². The molecule has 0 aliphatic carbocycles. The molecule has 0 aromatic heterocycles. The fourth-order valence-corrected chi connectivity index (χ4v) is 6.13. The van der Waals surface area contributed by atoms with E-state index in [1.54, 1.807) is 0 Å². The van der Waals surface area contributed by atoms with E-state index in [0.29, 0.717) is 9.93 Å². The van der Waals surface area contributed by atoms with Crippen molar-refractivity contribution < 1.29 is 4.74 Å². The van der Waals surface area contributed by atoms with Crippen LogP contribution in [0.4, 0.5) is 0 Å². The zero-order valence-electron chi connectivity index (χ0n) is 8.45. The fraction of sp³-hybridized carbons (Fsp3) is 1.00. The molecule has 0 saturated carbocycles. The normalized spacial score (nSPS) is 26.3. The van der Waals surface area contributed by atoms with Crippen molar-refractivity contribution in [1.29, 1.82) is 0 Å². The van der Waals surface area contributed by atoms with Crippen molar-refractivity contribution in [2.45, 2.75) is 24.9 Å². The van der Waals surface area contributed by atoms with Crippen molar-refractivity contribution in [3.05, 3.63) is 0 Å². The summed E-state index contributed by atoms with van der Waals surface area (Å²) in [6.07, 6.45) is 1.15. The van der Waals surface area contributed by atoms with E-state index >= 15 is 0 Å². The van der Waals surface area contributed by atoms with Gasteiger partial charge in [0.1, 0.15) is 12.4 Å². The maximum Gasteiger partial charge on any atom is 0.245 e. The first-order chi connectivity index (χ1) is 6.38. The Kier molecular flexibility index (Phi) is 6.80. The standard InChI is InChI=1S/C9H19OS3/c1-3-5-10-8-9-12-13(9)7-6-11-4-2/h9H,3-8H2,1-2H3/q+1. The molecule has 1 nitrogen and oxygen atoms in total. The molecule has 2 atom stereocenters. The molecular weight excluding hydrogens is 220 g/mol. The molecule has 0 spiro atoms. The monoisotopic (exact) mass is 239 g/mol. The Bertz CT molecular complexity index is 118. The molecule has 2 unspecified atom stereocenters. The molecule has 0 N–H and O–H groups in total. The Labute approximate surface area is 92.5 Å². The molecule has 1 aliphatic rings. The summed E-state index contributed by atoms with van der Waals surface area (Å²) in [5.74, 6) is 4.01. The Hall–Kier alpha value is 1.01. The smallest absolute Gasteiger partial charge is 0.245 e. The van der Waals surface area contributed by atoms with Crippen LogP contribution in [-0.2, 0) is 14.7 Å². The van der Waals surface area contributed by atoms with Crippen molar-refractivity contribution in [1.82, 2.24) is 0 Å². The van der Waals surface area contributed by atoms with E-state index in [2.05, 4.69) is 36.4 Å². The molecule has 0 aromatic rings. The maximum atomic E-state index is 5.52.